The molecule has 5 rings (SSSR count). The molecular weight excluding hydrogens is 428 g/mol. The molecule has 31 heavy (non-hydrogen) atoms. The maximum absolute atomic E-state index is 13.9. The molecule has 1 atom stereocenters. The van der Waals surface area contributed by atoms with E-state index >= 15 is 0 Å². The number of amides is 2. The van der Waals surface area contributed by atoms with E-state index in [1.54, 1.807) is 24.3 Å². The standard InChI is InChI=1S/C22H12ClF2N3O3/c23-14-4-2-1-3-11(14)18-17-16(5-6-26-19(17)22(30)28-18)27-21(29)13-9-31-20-12(13)7-10(24)8-15(20)25/h1-9,18H,(H,28,30)(H,26,27,29). The Morgan fingerprint density at radius 1 is 1.19 bits per heavy atom. The lowest BCUT2D eigenvalue weighted by atomic mass is 9.99. The second-order valence-corrected chi connectivity index (χ2v) is 7.32. The molecule has 4 aromatic rings. The van der Waals surface area contributed by atoms with Crippen molar-refractivity contribution in [1.29, 1.82) is 0 Å². The van der Waals surface area contributed by atoms with Crippen LogP contribution in [0.1, 0.15) is 38.0 Å². The summed E-state index contributed by atoms with van der Waals surface area (Å²) >= 11 is 6.31. The molecule has 9 heteroatoms. The fourth-order valence-corrected chi connectivity index (χ4v) is 3.94. The number of nitrogens with zero attached hydrogens (tertiary/aromatic N) is 1. The predicted molar refractivity (Wildman–Crippen MR) is 109 cm³/mol. The van der Waals surface area contributed by atoms with Crippen LogP contribution < -0.4 is 10.6 Å². The molecule has 0 fully saturated rings. The van der Waals surface area contributed by atoms with Crippen LogP contribution in [0.3, 0.4) is 0 Å². The van der Waals surface area contributed by atoms with Gasteiger partial charge in [0.15, 0.2) is 11.4 Å². The topological polar surface area (TPSA) is 84.2 Å². The number of nitrogens with one attached hydrogen (secondary N) is 2. The first-order valence-corrected chi connectivity index (χ1v) is 9.53. The number of rotatable bonds is 3. The van der Waals surface area contributed by atoms with Gasteiger partial charge >= 0.3 is 0 Å². The fourth-order valence-electron chi connectivity index (χ4n) is 3.70. The highest BCUT2D eigenvalue weighted by molar-refractivity contribution is 6.31. The zero-order valence-corrected chi connectivity index (χ0v) is 16.3. The summed E-state index contributed by atoms with van der Waals surface area (Å²) in [6.45, 7) is 0. The van der Waals surface area contributed by atoms with Gasteiger partial charge in [0, 0.05) is 28.2 Å². The van der Waals surface area contributed by atoms with Crippen LogP contribution in [-0.4, -0.2) is 16.8 Å². The van der Waals surface area contributed by atoms with Gasteiger partial charge in [0.1, 0.15) is 17.8 Å². The first-order chi connectivity index (χ1) is 14.9. The molecule has 0 saturated carbocycles. The van der Waals surface area contributed by atoms with Crippen molar-refractivity contribution in [3.63, 3.8) is 0 Å². The zero-order valence-electron chi connectivity index (χ0n) is 15.6. The minimum absolute atomic E-state index is 0.00226. The van der Waals surface area contributed by atoms with Gasteiger partial charge < -0.3 is 15.1 Å². The number of halogens is 3. The van der Waals surface area contributed by atoms with E-state index < -0.39 is 29.5 Å². The molecule has 1 aliphatic rings. The minimum Gasteiger partial charge on any atom is -0.460 e. The molecule has 2 aromatic heterocycles. The molecule has 2 amide bonds. The van der Waals surface area contributed by atoms with Crippen LogP contribution in [0, 0.1) is 11.6 Å². The first kappa shape index (κ1) is 19.2. The average molecular weight is 440 g/mol. The number of pyridine rings is 1. The highest BCUT2D eigenvalue weighted by Gasteiger charge is 2.35. The fraction of sp³-hybridized carbons (Fsp3) is 0.0455. The molecule has 154 valence electrons. The Hall–Kier alpha value is -3.78. The van der Waals surface area contributed by atoms with E-state index in [2.05, 4.69) is 15.6 Å². The van der Waals surface area contributed by atoms with E-state index in [4.69, 9.17) is 16.0 Å². The van der Waals surface area contributed by atoms with Gasteiger partial charge in [0.05, 0.1) is 17.3 Å². The Morgan fingerprint density at radius 3 is 2.81 bits per heavy atom. The van der Waals surface area contributed by atoms with Crippen LogP contribution in [0.2, 0.25) is 5.02 Å². The summed E-state index contributed by atoms with van der Waals surface area (Å²) in [5.74, 6) is -2.81. The Kier molecular flexibility index (Phi) is 4.44. The summed E-state index contributed by atoms with van der Waals surface area (Å²) < 4.78 is 32.7. The van der Waals surface area contributed by atoms with Gasteiger partial charge in [-0.1, -0.05) is 29.8 Å². The van der Waals surface area contributed by atoms with Crippen LogP contribution in [0.4, 0.5) is 14.5 Å². The van der Waals surface area contributed by atoms with Crippen LogP contribution in [0.5, 0.6) is 0 Å². The number of anilines is 1. The van der Waals surface area contributed by atoms with Crippen molar-refractivity contribution < 1.29 is 22.8 Å². The molecule has 0 saturated heterocycles. The minimum atomic E-state index is -0.910. The quantitative estimate of drug-likeness (QED) is 0.478. The molecule has 0 radical (unpaired) electrons. The van der Waals surface area contributed by atoms with Crippen molar-refractivity contribution in [2.24, 2.45) is 0 Å². The first-order valence-electron chi connectivity index (χ1n) is 9.16. The van der Waals surface area contributed by atoms with Gasteiger partial charge in [-0.2, -0.15) is 0 Å². The van der Waals surface area contributed by atoms with Crippen molar-refractivity contribution in [2.75, 3.05) is 5.32 Å². The number of carbonyl (C=O) groups is 2. The molecule has 1 aliphatic heterocycles. The van der Waals surface area contributed by atoms with Crippen LogP contribution in [0.25, 0.3) is 11.0 Å². The molecule has 0 bridgehead atoms. The summed E-state index contributed by atoms with van der Waals surface area (Å²) in [5.41, 5.74) is 1.26. The van der Waals surface area contributed by atoms with Gasteiger partial charge in [-0.3, -0.25) is 14.6 Å². The highest BCUT2D eigenvalue weighted by Crippen LogP contribution is 2.38. The molecule has 0 aliphatic carbocycles. The third-order valence-electron chi connectivity index (χ3n) is 5.07. The Morgan fingerprint density at radius 2 is 2.00 bits per heavy atom. The third kappa shape index (κ3) is 3.12. The predicted octanol–water partition coefficient (Wildman–Crippen LogP) is 4.84. The van der Waals surface area contributed by atoms with Gasteiger partial charge in [-0.25, -0.2) is 8.78 Å². The Labute approximate surface area is 178 Å². The molecule has 0 spiro atoms. The largest absolute Gasteiger partial charge is 0.460 e. The smallest absolute Gasteiger partial charge is 0.271 e. The van der Waals surface area contributed by atoms with Crippen molar-refractivity contribution in [3.05, 3.63) is 94.0 Å². The average Bonchev–Trinajstić information content (AvgIpc) is 3.31. The second kappa shape index (κ2) is 7.17. The van der Waals surface area contributed by atoms with E-state index in [1.165, 1.54) is 12.3 Å². The van der Waals surface area contributed by atoms with Gasteiger partial charge in [0.25, 0.3) is 11.8 Å². The van der Waals surface area contributed by atoms with E-state index in [-0.39, 0.29) is 22.2 Å². The van der Waals surface area contributed by atoms with Gasteiger partial charge in [-0.15, -0.1) is 0 Å². The number of hydrogen-bond acceptors (Lipinski definition) is 4. The second-order valence-electron chi connectivity index (χ2n) is 6.92. The van der Waals surface area contributed by atoms with E-state index in [0.29, 0.717) is 27.9 Å². The Bertz CT molecular complexity index is 1390. The normalized spacial score (nSPS) is 15.1. The van der Waals surface area contributed by atoms with Gasteiger partial charge in [-0.05, 0) is 23.8 Å². The van der Waals surface area contributed by atoms with Gasteiger partial charge in [0.2, 0.25) is 0 Å². The number of aromatic nitrogens is 1. The van der Waals surface area contributed by atoms with Crippen molar-refractivity contribution in [1.82, 2.24) is 10.3 Å². The van der Waals surface area contributed by atoms with Crippen molar-refractivity contribution in [3.8, 4) is 0 Å². The summed E-state index contributed by atoms with van der Waals surface area (Å²) in [6.07, 6.45) is 2.44. The monoisotopic (exact) mass is 439 g/mol. The molecule has 2 N–H and O–H groups in total. The van der Waals surface area contributed by atoms with Crippen LogP contribution in [0.15, 0.2) is 59.3 Å². The molecule has 2 aromatic carbocycles. The summed E-state index contributed by atoms with van der Waals surface area (Å²) in [4.78, 5) is 29.5. The summed E-state index contributed by atoms with van der Waals surface area (Å²) in [6, 6.07) is 9.59. The number of hydrogen-bond donors (Lipinski definition) is 2. The molecule has 6 nitrogen and oxygen atoms in total. The van der Waals surface area contributed by atoms with Crippen molar-refractivity contribution in [2.45, 2.75) is 6.04 Å². The lowest BCUT2D eigenvalue weighted by molar-refractivity contribution is 0.0955. The summed E-state index contributed by atoms with van der Waals surface area (Å²) in [5, 5.41) is 5.95. The lowest BCUT2D eigenvalue weighted by Gasteiger charge is -2.17. The van der Waals surface area contributed by atoms with Crippen molar-refractivity contribution >= 4 is 40.1 Å². The number of carbonyl (C=O) groups excluding carboxylic acids is 2. The highest BCUT2D eigenvalue weighted by atomic mass is 35.5. The van der Waals surface area contributed by atoms with Crippen LogP contribution in [-0.2, 0) is 0 Å². The number of furan rings is 1. The summed E-state index contributed by atoms with van der Waals surface area (Å²) in [7, 11) is 0. The lowest BCUT2D eigenvalue weighted by Crippen LogP contribution is -2.21. The van der Waals surface area contributed by atoms with E-state index in [1.807, 2.05) is 0 Å². The number of fused-ring (bicyclic) bond motifs is 2. The zero-order chi connectivity index (χ0) is 21.7. The van der Waals surface area contributed by atoms with E-state index in [0.717, 1.165) is 12.3 Å². The van der Waals surface area contributed by atoms with E-state index in [9.17, 15) is 18.4 Å². The maximum atomic E-state index is 13.9. The maximum Gasteiger partial charge on any atom is 0.271 e. The third-order valence-corrected chi connectivity index (χ3v) is 5.42. The number of benzene rings is 2. The van der Waals surface area contributed by atoms with Crippen LogP contribution >= 0.6 is 11.6 Å². The molecule has 3 heterocycles. The SMILES string of the molecule is O=C1NC(c2ccccc2Cl)c2c(NC(=O)c3coc4c(F)cc(F)cc34)ccnc21. The molecule has 1 unspecified atom stereocenters. The Balaban J connectivity index is 1.57. The molecular formula is C22H12ClF2N3O3.